The van der Waals surface area contributed by atoms with Crippen molar-refractivity contribution in [1.29, 1.82) is 0 Å². The number of aromatic nitrogens is 2. The molecule has 120 valence electrons. The lowest BCUT2D eigenvalue weighted by atomic mass is 10.2. The highest BCUT2D eigenvalue weighted by Crippen LogP contribution is 2.15. The van der Waals surface area contributed by atoms with Crippen LogP contribution in [0.5, 0.6) is 0 Å². The number of nitrogens with zero attached hydrogens (tertiary/aromatic N) is 2. The standard InChI is InChI=1S/C13H24N4O3S/c1-9(2)8-17(12(5)18)7-6-14-21(19,20)13-10(3)15-16-11(13)4/h9,14H,6-8H2,1-5H3,(H,15,16). The minimum Gasteiger partial charge on any atom is -0.341 e. The number of hydrogen-bond acceptors (Lipinski definition) is 4. The fourth-order valence-electron chi connectivity index (χ4n) is 2.14. The van der Waals surface area contributed by atoms with Gasteiger partial charge in [-0.05, 0) is 19.8 Å². The Hall–Kier alpha value is -1.41. The van der Waals surface area contributed by atoms with Crippen LogP contribution in [-0.4, -0.2) is 49.1 Å². The van der Waals surface area contributed by atoms with E-state index in [9.17, 15) is 13.2 Å². The summed E-state index contributed by atoms with van der Waals surface area (Å²) in [7, 11) is -3.61. The van der Waals surface area contributed by atoms with Gasteiger partial charge in [-0.15, -0.1) is 0 Å². The van der Waals surface area contributed by atoms with E-state index in [0.29, 0.717) is 30.4 Å². The van der Waals surface area contributed by atoms with Gasteiger partial charge in [0.05, 0.1) is 11.4 Å². The SMILES string of the molecule is CC(=O)N(CCNS(=O)(=O)c1c(C)n[nH]c1C)CC(C)C. The molecule has 0 unspecified atom stereocenters. The van der Waals surface area contributed by atoms with E-state index in [-0.39, 0.29) is 17.3 Å². The summed E-state index contributed by atoms with van der Waals surface area (Å²) in [6.07, 6.45) is 0. The normalized spacial score (nSPS) is 11.9. The second-order valence-electron chi connectivity index (χ2n) is 5.52. The molecule has 2 N–H and O–H groups in total. The van der Waals surface area contributed by atoms with Crippen LogP contribution in [0, 0.1) is 19.8 Å². The Morgan fingerprint density at radius 1 is 1.38 bits per heavy atom. The van der Waals surface area contributed by atoms with Crippen molar-refractivity contribution in [2.75, 3.05) is 19.6 Å². The number of amides is 1. The third-order valence-electron chi connectivity index (χ3n) is 3.03. The molecule has 0 atom stereocenters. The summed E-state index contributed by atoms with van der Waals surface area (Å²) in [5.74, 6) is 0.280. The first kappa shape index (κ1) is 17.6. The maximum Gasteiger partial charge on any atom is 0.244 e. The topological polar surface area (TPSA) is 95.2 Å². The molecule has 1 heterocycles. The summed E-state index contributed by atoms with van der Waals surface area (Å²) in [6.45, 7) is 9.95. The van der Waals surface area contributed by atoms with Gasteiger partial charge < -0.3 is 4.90 Å². The molecule has 0 saturated carbocycles. The molecule has 0 bridgehead atoms. The van der Waals surface area contributed by atoms with Gasteiger partial charge in [0.25, 0.3) is 0 Å². The zero-order valence-electron chi connectivity index (χ0n) is 13.2. The molecule has 0 aliphatic rings. The fraction of sp³-hybridized carbons (Fsp3) is 0.692. The number of sulfonamides is 1. The molecular weight excluding hydrogens is 292 g/mol. The number of H-pyrrole nitrogens is 1. The lowest BCUT2D eigenvalue weighted by molar-refractivity contribution is -0.129. The molecule has 7 nitrogen and oxygen atoms in total. The van der Waals surface area contributed by atoms with Gasteiger partial charge >= 0.3 is 0 Å². The van der Waals surface area contributed by atoms with Crippen molar-refractivity contribution in [3.8, 4) is 0 Å². The van der Waals surface area contributed by atoms with E-state index < -0.39 is 10.0 Å². The summed E-state index contributed by atoms with van der Waals surface area (Å²) in [5.41, 5.74) is 0.941. The van der Waals surface area contributed by atoms with Gasteiger partial charge in [-0.1, -0.05) is 13.8 Å². The number of hydrogen-bond donors (Lipinski definition) is 2. The highest BCUT2D eigenvalue weighted by atomic mass is 32.2. The second-order valence-corrected chi connectivity index (χ2v) is 7.22. The van der Waals surface area contributed by atoms with Gasteiger partial charge in [-0.2, -0.15) is 5.10 Å². The molecule has 0 aliphatic heterocycles. The maximum absolute atomic E-state index is 12.2. The summed E-state index contributed by atoms with van der Waals surface area (Å²) < 4.78 is 27.0. The van der Waals surface area contributed by atoms with Crippen molar-refractivity contribution in [3.63, 3.8) is 0 Å². The molecule has 0 aromatic carbocycles. The first-order chi connectivity index (χ1) is 9.65. The Morgan fingerprint density at radius 3 is 2.43 bits per heavy atom. The molecule has 0 radical (unpaired) electrons. The first-order valence-electron chi connectivity index (χ1n) is 6.92. The average molecular weight is 316 g/mol. The van der Waals surface area contributed by atoms with E-state index in [1.807, 2.05) is 13.8 Å². The molecule has 1 aromatic heterocycles. The van der Waals surface area contributed by atoms with Crippen LogP contribution in [0.25, 0.3) is 0 Å². The summed E-state index contributed by atoms with van der Waals surface area (Å²) >= 11 is 0. The Bertz CT molecular complexity index is 573. The predicted octanol–water partition coefficient (Wildman–Crippen LogP) is 0.809. The van der Waals surface area contributed by atoms with E-state index in [1.165, 1.54) is 6.92 Å². The average Bonchev–Trinajstić information content (AvgIpc) is 2.67. The molecule has 21 heavy (non-hydrogen) atoms. The van der Waals surface area contributed by atoms with E-state index in [4.69, 9.17) is 0 Å². The van der Waals surface area contributed by atoms with Gasteiger partial charge in [-0.25, -0.2) is 13.1 Å². The van der Waals surface area contributed by atoms with Crippen LogP contribution in [0.2, 0.25) is 0 Å². The van der Waals surface area contributed by atoms with Crippen molar-refractivity contribution in [2.24, 2.45) is 5.92 Å². The molecule has 0 fully saturated rings. The number of nitrogens with one attached hydrogen (secondary N) is 2. The van der Waals surface area contributed by atoms with Crippen molar-refractivity contribution >= 4 is 15.9 Å². The van der Waals surface area contributed by atoms with Crippen molar-refractivity contribution in [2.45, 2.75) is 39.5 Å². The van der Waals surface area contributed by atoms with Crippen LogP contribution in [0.15, 0.2) is 4.90 Å². The van der Waals surface area contributed by atoms with Gasteiger partial charge in [0.15, 0.2) is 0 Å². The molecule has 0 spiro atoms. The van der Waals surface area contributed by atoms with Crippen LogP contribution >= 0.6 is 0 Å². The number of aryl methyl sites for hydroxylation is 2. The van der Waals surface area contributed by atoms with Crippen molar-refractivity contribution in [1.82, 2.24) is 19.8 Å². The maximum atomic E-state index is 12.2. The van der Waals surface area contributed by atoms with Crippen LogP contribution < -0.4 is 4.72 Å². The number of carbonyl (C=O) groups excluding carboxylic acids is 1. The van der Waals surface area contributed by atoms with E-state index >= 15 is 0 Å². The first-order valence-corrected chi connectivity index (χ1v) is 8.40. The Kier molecular flexibility index (Phi) is 5.91. The highest BCUT2D eigenvalue weighted by molar-refractivity contribution is 7.89. The molecule has 1 amide bonds. The Labute approximate surface area is 126 Å². The number of rotatable bonds is 7. The summed E-state index contributed by atoms with van der Waals surface area (Å²) in [6, 6.07) is 0. The summed E-state index contributed by atoms with van der Waals surface area (Å²) in [5, 5.41) is 6.54. The van der Waals surface area contributed by atoms with Crippen molar-refractivity contribution in [3.05, 3.63) is 11.4 Å². The predicted molar refractivity (Wildman–Crippen MR) is 80.3 cm³/mol. The van der Waals surface area contributed by atoms with Crippen LogP contribution in [-0.2, 0) is 14.8 Å². The van der Waals surface area contributed by atoms with Gasteiger partial charge in [0, 0.05) is 26.6 Å². The molecular formula is C13H24N4O3S. The lowest BCUT2D eigenvalue weighted by Crippen LogP contribution is -2.39. The lowest BCUT2D eigenvalue weighted by Gasteiger charge is -2.23. The Balaban J connectivity index is 2.68. The molecule has 0 saturated heterocycles. The molecule has 1 rings (SSSR count). The zero-order valence-corrected chi connectivity index (χ0v) is 14.0. The van der Waals surface area contributed by atoms with E-state index in [0.717, 1.165) is 0 Å². The van der Waals surface area contributed by atoms with E-state index in [1.54, 1.807) is 18.7 Å². The minimum atomic E-state index is -3.61. The van der Waals surface area contributed by atoms with Crippen molar-refractivity contribution < 1.29 is 13.2 Å². The highest BCUT2D eigenvalue weighted by Gasteiger charge is 2.22. The monoisotopic (exact) mass is 316 g/mol. The Morgan fingerprint density at radius 2 is 2.00 bits per heavy atom. The molecule has 1 aromatic rings. The minimum absolute atomic E-state index is 0.0569. The third-order valence-corrected chi connectivity index (χ3v) is 4.76. The van der Waals surface area contributed by atoms with Gasteiger partial charge in [0.2, 0.25) is 15.9 Å². The van der Waals surface area contributed by atoms with Crippen LogP contribution in [0.4, 0.5) is 0 Å². The largest absolute Gasteiger partial charge is 0.341 e. The van der Waals surface area contributed by atoms with Crippen LogP contribution in [0.3, 0.4) is 0 Å². The van der Waals surface area contributed by atoms with Crippen LogP contribution in [0.1, 0.15) is 32.2 Å². The third kappa shape index (κ3) is 4.82. The van der Waals surface area contributed by atoms with Gasteiger partial charge in [0.1, 0.15) is 4.90 Å². The quantitative estimate of drug-likeness (QED) is 0.778. The van der Waals surface area contributed by atoms with Gasteiger partial charge in [-0.3, -0.25) is 9.89 Å². The zero-order chi connectivity index (χ0) is 16.2. The second kappa shape index (κ2) is 7.04. The molecule has 0 aliphatic carbocycles. The summed E-state index contributed by atoms with van der Waals surface area (Å²) in [4.78, 5) is 13.3. The number of aromatic amines is 1. The smallest absolute Gasteiger partial charge is 0.244 e. The fourth-order valence-corrected chi connectivity index (χ4v) is 3.53. The van der Waals surface area contributed by atoms with E-state index in [2.05, 4.69) is 14.9 Å². The molecule has 8 heteroatoms. The number of carbonyl (C=O) groups is 1.